The summed E-state index contributed by atoms with van der Waals surface area (Å²) in [6, 6.07) is 62.0. The van der Waals surface area contributed by atoms with Crippen LogP contribution in [0.2, 0.25) is 0 Å². The second kappa shape index (κ2) is 18.1. The lowest BCUT2D eigenvalue weighted by Gasteiger charge is -2.13. The number of hydrogen-bond donors (Lipinski definition) is 0. The number of aromatic nitrogens is 9. The van der Waals surface area contributed by atoms with E-state index in [1.165, 1.54) is 21.5 Å². The van der Waals surface area contributed by atoms with Gasteiger partial charge in [-0.3, -0.25) is 9.98 Å². The van der Waals surface area contributed by atoms with Gasteiger partial charge < -0.3 is 9.13 Å². The first-order valence-electron chi connectivity index (χ1n) is 25.0. The second-order valence-corrected chi connectivity index (χ2v) is 18.6. The van der Waals surface area contributed by atoms with Crippen molar-refractivity contribution in [2.24, 2.45) is 4.99 Å². The van der Waals surface area contributed by atoms with Gasteiger partial charge in [0.25, 0.3) is 0 Å². The van der Waals surface area contributed by atoms with Crippen molar-refractivity contribution in [1.29, 1.82) is 0 Å². The maximum Gasteiger partial charge on any atom is 0.165 e. The van der Waals surface area contributed by atoms with Crippen LogP contribution in [-0.2, 0) is 0 Å². The van der Waals surface area contributed by atoms with Crippen molar-refractivity contribution >= 4 is 61.0 Å². The van der Waals surface area contributed by atoms with Gasteiger partial charge in [0.2, 0.25) is 0 Å². The summed E-state index contributed by atoms with van der Waals surface area (Å²) in [6.07, 6.45) is 17.6. The number of pyridine rings is 1. The van der Waals surface area contributed by atoms with Gasteiger partial charge in [-0.15, -0.1) is 0 Å². The van der Waals surface area contributed by atoms with Gasteiger partial charge in [0.05, 0.1) is 22.1 Å². The number of hydrogen-bond acceptors (Lipinski definition) is 8. The van der Waals surface area contributed by atoms with Gasteiger partial charge in [-0.1, -0.05) is 97.1 Å². The highest BCUT2D eigenvalue weighted by atomic mass is 15.1. The van der Waals surface area contributed by atoms with E-state index in [4.69, 9.17) is 29.9 Å². The molecule has 0 saturated carbocycles. The lowest BCUT2D eigenvalue weighted by molar-refractivity contribution is 0.960. The normalized spacial score (nSPS) is 13.5. The minimum absolute atomic E-state index is 0.579. The van der Waals surface area contributed by atoms with E-state index < -0.39 is 0 Å². The first-order chi connectivity index (χ1) is 36.7. The molecule has 350 valence electrons. The lowest BCUT2D eigenvalue weighted by Crippen LogP contribution is -2.06. The molecule has 0 unspecified atom stereocenters. The molecule has 0 radical (unpaired) electrons. The predicted molar refractivity (Wildman–Crippen MR) is 299 cm³/mol. The van der Waals surface area contributed by atoms with Crippen LogP contribution >= 0.6 is 0 Å². The molecule has 10 heteroatoms. The molecule has 0 fully saturated rings. The van der Waals surface area contributed by atoms with E-state index in [2.05, 4.69) is 171 Å². The molecule has 1 aliphatic carbocycles. The highest BCUT2D eigenvalue weighted by molar-refractivity contribution is 6.12. The Bertz CT molecular complexity index is 4220. The van der Waals surface area contributed by atoms with Crippen LogP contribution in [0.25, 0.3) is 123 Å². The first kappa shape index (κ1) is 43.0. The molecular weight excluding hydrogens is 909 g/mol. The molecule has 0 amide bonds. The third-order valence-electron chi connectivity index (χ3n) is 14.1. The zero-order valence-corrected chi connectivity index (χ0v) is 40.1. The molecule has 14 rings (SSSR count). The van der Waals surface area contributed by atoms with Gasteiger partial charge >= 0.3 is 0 Å². The van der Waals surface area contributed by atoms with Gasteiger partial charge in [-0.05, 0) is 134 Å². The smallest absolute Gasteiger partial charge is 0.165 e. The number of aliphatic imine (C=N–C) groups is 1. The average molecular weight is 953 g/mol. The third kappa shape index (κ3) is 7.68. The number of allylic oxidation sites excluding steroid dienone is 5. The average Bonchev–Trinajstić information content (AvgIpc) is 4.02. The number of fused-ring (bicyclic) bond motifs is 6. The van der Waals surface area contributed by atoms with E-state index >= 15 is 0 Å². The maximum atomic E-state index is 5.02. The zero-order valence-electron chi connectivity index (χ0n) is 40.1. The predicted octanol–water partition coefficient (Wildman–Crippen LogP) is 14.9. The van der Waals surface area contributed by atoms with Crippen molar-refractivity contribution in [3.05, 3.63) is 224 Å². The molecule has 0 bridgehead atoms. The van der Waals surface area contributed by atoms with Crippen LogP contribution in [0.4, 0.5) is 0 Å². The minimum Gasteiger partial charge on any atom is -0.309 e. The topological polar surface area (TPSA) is 112 Å². The van der Waals surface area contributed by atoms with Crippen molar-refractivity contribution in [2.75, 3.05) is 0 Å². The lowest BCUT2D eigenvalue weighted by atomic mass is 10.0. The molecule has 5 aromatic heterocycles. The van der Waals surface area contributed by atoms with Gasteiger partial charge in [0, 0.05) is 91.1 Å². The summed E-state index contributed by atoms with van der Waals surface area (Å²) in [5.74, 6) is 3.83. The Morgan fingerprint density at radius 2 is 0.878 bits per heavy atom. The summed E-state index contributed by atoms with van der Waals surface area (Å²) in [7, 11) is 0. The molecule has 0 saturated heterocycles. The number of nitrogens with zero attached hydrogens (tertiary/aromatic N) is 10. The van der Waals surface area contributed by atoms with Crippen molar-refractivity contribution in [3.8, 4) is 68.1 Å². The van der Waals surface area contributed by atoms with E-state index in [0.717, 1.165) is 104 Å². The van der Waals surface area contributed by atoms with Crippen molar-refractivity contribution in [1.82, 2.24) is 44.0 Å². The van der Waals surface area contributed by atoms with Crippen LogP contribution in [0.5, 0.6) is 0 Å². The Labute approximate surface area is 426 Å². The Morgan fingerprint density at radius 1 is 0.378 bits per heavy atom. The molecule has 0 atom stereocenters. The van der Waals surface area contributed by atoms with Crippen molar-refractivity contribution in [3.63, 3.8) is 0 Å². The van der Waals surface area contributed by atoms with Crippen LogP contribution in [0, 0.1) is 0 Å². The van der Waals surface area contributed by atoms with Crippen molar-refractivity contribution < 1.29 is 0 Å². The number of rotatable bonds is 9. The quantitative estimate of drug-likeness (QED) is 0.142. The minimum atomic E-state index is 0.579. The van der Waals surface area contributed by atoms with Gasteiger partial charge in [0.15, 0.2) is 34.9 Å². The zero-order chi connectivity index (χ0) is 49.0. The molecule has 0 N–H and O–H groups in total. The molecule has 6 heterocycles. The molecular formula is C64H44N10. The fraction of sp³-hybridized carbons (Fsp3) is 0.0625. The Kier molecular flexibility index (Phi) is 10.5. The summed E-state index contributed by atoms with van der Waals surface area (Å²) in [5, 5.41) is 4.76. The van der Waals surface area contributed by atoms with Crippen LogP contribution in [0.15, 0.2) is 218 Å². The van der Waals surface area contributed by atoms with E-state index in [9.17, 15) is 0 Å². The molecule has 0 spiro atoms. The second-order valence-electron chi connectivity index (χ2n) is 18.6. The van der Waals surface area contributed by atoms with E-state index in [0.29, 0.717) is 34.9 Å². The summed E-state index contributed by atoms with van der Waals surface area (Å²) in [4.78, 5) is 38.5. The monoisotopic (exact) mass is 952 g/mol. The van der Waals surface area contributed by atoms with Crippen LogP contribution in [-0.4, -0.2) is 50.2 Å². The van der Waals surface area contributed by atoms with Crippen LogP contribution < -0.4 is 0 Å². The van der Waals surface area contributed by atoms with E-state index in [-0.39, 0.29) is 0 Å². The highest BCUT2D eigenvalue weighted by Gasteiger charge is 2.20. The SMILES string of the molecule is C1=CC(c2nc(C3=CN=CCC3)nc(-c3ccc(-n4c5ccccc5c5cc(-c6ccc7c(c6)c6ccccc6n7-c6ccc(-c7nc(-c8ccccc8)nc(-c8cccnc8)n7)cc6)ccc54)cc3)n2)=CCC1. The third-order valence-corrected chi connectivity index (χ3v) is 14.1. The van der Waals surface area contributed by atoms with E-state index in [1.54, 1.807) is 12.4 Å². The standard InChI is InChI=1S/C64H44N10/c1-3-13-41(14-4-1)59-67-61(71-63(69-59)47-17-11-35-65-39-47)43-23-29-49(30-24-43)73-55-21-9-7-19-51(55)53-37-45(27-33-57(53)73)46-28-34-58-54(38-46)52-20-8-10-22-56(52)74(58)50-31-25-44(26-32-50)62-68-60(42-15-5-2-6-16-42)70-64(72-62)48-18-12-36-66-40-48/h1,3-5,7-11,13-17,19-40H,2,6,12,18H2. The van der Waals surface area contributed by atoms with Crippen LogP contribution in [0.3, 0.4) is 0 Å². The molecule has 7 aromatic carbocycles. The number of para-hydroxylation sites is 2. The molecule has 1 aliphatic heterocycles. The van der Waals surface area contributed by atoms with Crippen molar-refractivity contribution in [2.45, 2.75) is 25.7 Å². The Balaban J connectivity index is 0.811. The Morgan fingerprint density at radius 3 is 1.43 bits per heavy atom. The first-order valence-corrected chi connectivity index (χ1v) is 25.0. The van der Waals surface area contributed by atoms with Gasteiger partial charge in [-0.2, -0.15) is 0 Å². The van der Waals surface area contributed by atoms with Gasteiger partial charge in [0.1, 0.15) is 0 Å². The Hall–Kier alpha value is -9.80. The summed E-state index contributed by atoms with van der Waals surface area (Å²) >= 11 is 0. The molecule has 74 heavy (non-hydrogen) atoms. The number of benzene rings is 7. The fourth-order valence-electron chi connectivity index (χ4n) is 10.5. The molecule has 2 aliphatic rings. The van der Waals surface area contributed by atoms with E-state index in [1.807, 2.05) is 54.9 Å². The van der Waals surface area contributed by atoms with Crippen LogP contribution in [0.1, 0.15) is 37.3 Å². The summed E-state index contributed by atoms with van der Waals surface area (Å²) in [5.41, 5.74) is 14.6. The summed E-state index contributed by atoms with van der Waals surface area (Å²) in [6.45, 7) is 0. The van der Waals surface area contributed by atoms with Gasteiger partial charge in [-0.25, -0.2) is 29.9 Å². The highest BCUT2D eigenvalue weighted by Crippen LogP contribution is 2.39. The molecule has 12 aromatic rings. The molecule has 10 nitrogen and oxygen atoms in total. The fourth-order valence-corrected chi connectivity index (χ4v) is 10.5. The maximum absolute atomic E-state index is 5.02. The largest absolute Gasteiger partial charge is 0.309 e. The summed E-state index contributed by atoms with van der Waals surface area (Å²) < 4.78 is 4.70.